The highest BCUT2D eigenvalue weighted by Gasteiger charge is 2.33. The monoisotopic (exact) mass is 385 g/mol. The van der Waals surface area contributed by atoms with Crippen LogP contribution in [-0.4, -0.2) is 26.7 Å². The molecule has 0 heterocycles. The van der Waals surface area contributed by atoms with Gasteiger partial charge in [0.05, 0.1) is 17.1 Å². The summed E-state index contributed by atoms with van der Waals surface area (Å²) in [6.07, 6.45) is 5.80. The quantitative estimate of drug-likeness (QED) is 0.852. The second kappa shape index (κ2) is 7.74. The molecule has 0 spiro atoms. The molecule has 0 radical (unpaired) electrons. The van der Waals surface area contributed by atoms with E-state index in [0.717, 1.165) is 44.1 Å². The molecule has 0 amide bonds. The number of fused-ring (bicyclic) bond motifs is 1. The van der Waals surface area contributed by atoms with Crippen LogP contribution in [0.2, 0.25) is 0 Å². The predicted molar refractivity (Wildman–Crippen MR) is 106 cm³/mol. The van der Waals surface area contributed by atoms with E-state index in [9.17, 15) is 8.42 Å². The Kier molecular flexibility index (Phi) is 5.35. The largest absolute Gasteiger partial charge is 0.373 e. The molecule has 5 heteroatoms. The minimum absolute atomic E-state index is 0.0571. The van der Waals surface area contributed by atoms with Crippen LogP contribution >= 0.6 is 0 Å². The molecule has 2 aliphatic carbocycles. The van der Waals surface area contributed by atoms with Gasteiger partial charge in [-0.25, -0.2) is 13.1 Å². The molecule has 4 nitrogen and oxygen atoms in total. The summed E-state index contributed by atoms with van der Waals surface area (Å²) in [5, 5.41) is 0. The van der Waals surface area contributed by atoms with Gasteiger partial charge in [0.25, 0.3) is 0 Å². The summed E-state index contributed by atoms with van der Waals surface area (Å²) >= 11 is 0. The summed E-state index contributed by atoms with van der Waals surface area (Å²) in [5.41, 5.74) is 3.76. The maximum atomic E-state index is 12.8. The van der Waals surface area contributed by atoms with E-state index in [4.69, 9.17) is 4.74 Å². The third-order valence-corrected chi connectivity index (χ3v) is 7.23. The van der Waals surface area contributed by atoms with Crippen LogP contribution in [0.1, 0.15) is 42.4 Å². The zero-order valence-corrected chi connectivity index (χ0v) is 16.5. The molecule has 4 rings (SSSR count). The molecular formula is C22H27NO3S. The lowest BCUT2D eigenvalue weighted by molar-refractivity contribution is -0.0377. The molecule has 2 aromatic carbocycles. The molecule has 0 aliphatic heterocycles. The van der Waals surface area contributed by atoms with Crippen molar-refractivity contribution in [1.29, 1.82) is 0 Å². The highest BCUT2D eigenvalue weighted by Crippen LogP contribution is 2.29. The van der Waals surface area contributed by atoms with Crippen molar-refractivity contribution in [3.8, 4) is 0 Å². The van der Waals surface area contributed by atoms with Crippen LogP contribution in [0.3, 0.4) is 0 Å². The van der Waals surface area contributed by atoms with Gasteiger partial charge in [0.2, 0.25) is 10.0 Å². The van der Waals surface area contributed by atoms with Crippen molar-refractivity contribution in [3.63, 3.8) is 0 Å². The minimum Gasteiger partial charge on any atom is -0.373 e. The van der Waals surface area contributed by atoms with Gasteiger partial charge in [-0.3, -0.25) is 0 Å². The molecule has 1 fully saturated rings. The third-order valence-electron chi connectivity index (χ3n) is 5.72. The van der Waals surface area contributed by atoms with Crippen molar-refractivity contribution in [3.05, 3.63) is 65.2 Å². The van der Waals surface area contributed by atoms with Crippen LogP contribution in [-0.2, 0) is 27.6 Å². The van der Waals surface area contributed by atoms with Gasteiger partial charge in [0, 0.05) is 6.04 Å². The summed E-state index contributed by atoms with van der Waals surface area (Å²) in [6, 6.07) is 15.3. The Labute approximate surface area is 162 Å². The van der Waals surface area contributed by atoms with Gasteiger partial charge in [-0.2, -0.15) is 0 Å². The summed E-state index contributed by atoms with van der Waals surface area (Å²) in [7, 11) is -3.53. The van der Waals surface area contributed by atoms with E-state index in [1.807, 2.05) is 19.1 Å². The molecular weight excluding hydrogens is 358 g/mol. The fraction of sp³-hybridized carbons (Fsp3) is 0.455. The van der Waals surface area contributed by atoms with Crippen LogP contribution in [0.5, 0.6) is 0 Å². The first kappa shape index (κ1) is 18.7. The summed E-state index contributed by atoms with van der Waals surface area (Å²) < 4.78 is 35.0. The first-order chi connectivity index (χ1) is 13.0. The lowest BCUT2D eigenvalue weighted by atomic mass is 9.93. The van der Waals surface area contributed by atoms with Crippen LogP contribution in [0, 0.1) is 6.92 Å². The van der Waals surface area contributed by atoms with E-state index in [2.05, 4.69) is 29.0 Å². The molecule has 0 aromatic heterocycles. The molecule has 0 bridgehead atoms. The maximum Gasteiger partial charge on any atom is 0.240 e. The highest BCUT2D eigenvalue weighted by atomic mass is 32.2. The second-order valence-electron chi connectivity index (χ2n) is 7.80. The Balaban J connectivity index is 1.44. The number of nitrogens with one attached hydrogen (secondary N) is 1. The van der Waals surface area contributed by atoms with E-state index in [0.29, 0.717) is 4.90 Å². The van der Waals surface area contributed by atoms with Gasteiger partial charge >= 0.3 is 0 Å². The second-order valence-corrected chi connectivity index (χ2v) is 9.51. The molecule has 0 saturated heterocycles. The van der Waals surface area contributed by atoms with Crippen molar-refractivity contribution in [1.82, 2.24) is 4.72 Å². The number of benzene rings is 2. The van der Waals surface area contributed by atoms with E-state index >= 15 is 0 Å². The average molecular weight is 386 g/mol. The fourth-order valence-corrected chi connectivity index (χ4v) is 5.54. The van der Waals surface area contributed by atoms with Gasteiger partial charge in [0.15, 0.2) is 0 Å². The molecule has 1 N–H and O–H groups in total. The molecule has 144 valence electrons. The number of rotatable bonds is 5. The Morgan fingerprint density at radius 2 is 1.56 bits per heavy atom. The number of hydrogen-bond donors (Lipinski definition) is 1. The topological polar surface area (TPSA) is 55.4 Å². The van der Waals surface area contributed by atoms with Crippen LogP contribution < -0.4 is 4.72 Å². The SMILES string of the molecule is Cc1ccc(S(=O)(=O)N[C@H]2CCCC[C@@H]2OC2Cc3ccccc3C2)cc1. The highest BCUT2D eigenvalue weighted by molar-refractivity contribution is 7.89. The Morgan fingerprint density at radius 1 is 0.926 bits per heavy atom. The van der Waals surface area contributed by atoms with E-state index in [1.165, 1.54) is 11.1 Å². The van der Waals surface area contributed by atoms with Crippen LogP contribution in [0.25, 0.3) is 0 Å². The molecule has 1 saturated carbocycles. The van der Waals surface area contributed by atoms with E-state index < -0.39 is 10.0 Å². The number of sulfonamides is 1. The summed E-state index contributed by atoms with van der Waals surface area (Å²) in [6.45, 7) is 1.95. The van der Waals surface area contributed by atoms with Gasteiger partial charge in [0.1, 0.15) is 0 Å². The van der Waals surface area contributed by atoms with Gasteiger partial charge in [-0.05, 0) is 55.9 Å². The molecule has 27 heavy (non-hydrogen) atoms. The number of aryl methyl sites for hydroxylation is 1. The van der Waals surface area contributed by atoms with Crippen molar-refractivity contribution in [2.45, 2.75) is 68.6 Å². The Morgan fingerprint density at radius 3 is 2.22 bits per heavy atom. The van der Waals surface area contributed by atoms with Gasteiger partial charge in [-0.1, -0.05) is 54.8 Å². The zero-order chi connectivity index (χ0) is 18.9. The van der Waals surface area contributed by atoms with Crippen molar-refractivity contribution < 1.29 is 13.2 Å². The van der Waals surface area contributed by atoms with Crippen LogP contribution in [0.15, 0.2) is 53.4 Å². The molecule has 2 atom stereocenters. The van der Waals surface area contributed by atoms with Crippen molar-refractivity contribution >= 4 is 10.0 Å². The number of ether oxygens (including phenoxy) is 1. The fourth-order valence-electron chi connectivity index (χ4n) is 4.24. The first-order valence-corrected chi connectivity index (χ1v) is 11.3. The van der Waals surface area contributed by atoms with Crippen LogP contribution in [0.4, 0.5) is 0 Å². The van der Waals surface area contributed by atoms with Gasteiger partial charge < -0.3 is 4.74 Å². The Bertz CT molecular complexity index is 867. The Hall–Kier alpha value is -1.69. The smallest absolute Gasteiger partial charge is 0.240 e. The van der Waals surface area contributed by atoms with Gasteiger partial charge in [-0.15, -0.1) is 0 Å². The summed E-state index contributed by atoms with van der Waals surface area (Å²) in [5.74, 6) is 0. The van der Waals surface area contributed by atoms with Crippen molar-refractivity contribution in [2.24, 2.45) is 0 Å². The normalized spacial score (nSPS) is 23.3. The lowest BCUT2D eigenvalue weighted by Gasteiger charge is -2.33. The lowest BCUT2D eigenvalue weighted by Crippen LogP contribution is -2.47. The summed E-state index contributed by atoms with van der Waals surface area (Å²) in [4.78, 5) is 0.325. The average Bonchev–Trinajstić information content (AvgIpc) is 3.06. The standard InChI is InChI=1S/C22H27NO3S/c1-16-10-12-20(13-11-16)27(24,25)23-21-8-4-5-9-22(21)26-19-14-17-6-2-3-7-18(17)15-19/h2-3,6-7,10-13,19,21-23H,4-5,8-9,14-15H2,1H3/t21-,22-/m0/s1. The first-order valence-electron chi connectivity index (χ1n) is 9.82. The van der Waals surface area contributed by atoms with E-state index in [-0.39, 0.29) is 18.2 Å². The zero-order valence-electron chi connectivity index (χ0n) is 15.7. The minimum atomic E-state index is -3.53. The third kappa shape index (κ3) is 4.26. The van der Waals surface area contributed by atoms with Crippen molar-refractivity contribution in [2.75, 3.05) is 0 Å². The molecule has 2 aliphatic rings. The maximum absolute atomic E-state index is 12.8. The van der Waals surface area contributed by atoms with E-state index in [1.54, 1.807) is 12.1 Å². The predicted octanol–water partition coefficient (Wildman–Crippen LogP) is 3.77. The molecule has 2 aromatic rings. The molecule has 0 unspecified atom stereocenters. The number of hydrogen-bond acceptors (Lipinski definition) is 3.